The van der Waals surface area contributed by atoms with E-state index in [9.17, 15) is 13.2 Å². The molecule has 3 rings (SSSR count). The first-order chi connectivity index (χ1) is 12.5. The summed E-state index contributed by atoms with van der Waals surface area (Å²) in [6.45, 7) is 3.45. The third-order valence-corrected chi connectivity index (χ3v) is 4.67. The number of piperidine rings is 1. The zero-order valence-corrected chi connectivity index (χ0v) is 14.7. The van der Waals surface area contributed by atoms with Crippen LogP contribution in [-0.2, 0) is 10.9 Å². The Labute approximate surface area is 151 Å². The Morgan fingerprint density at radius 1 is 1.27 bits per heavy atom. The van der Waals surface area contributed by atoms with Gasteiger partial charge in [0.1, 0.15) is 0 Å². The quantitative estimate of drug-likeness (QED) is 0.803. The predicted molar refractivity (Wildman–Crippen MR) is 92.8 cm³/mol. The molecule has 1 aromatic heterocycles. The van der Waals surface area contributed by atoms with Gasteiger partial charge in [-0.1, -0.05) is 12.1 Å². The fraction of sp³-hybridized carbons (Fsp3) is 0.474. The zero-order valence-electron chi connectivity index (χ0n) is 14.7. The van der Waals surface area contributed by atoms with Crippen molar-refractivity contribution < 1.29 is 17.9 Å². The van der Waals surface area contributed by atoms with Gasteiger partial charge in [-0.2, -0.15) is 13.2 Å². The van der Waals surface area contributed by atoms with Crippen LogP contribution in [0.2, 0.25) is 0 Å². The molecule has 1 saturated heterocycles. The number of alkyl halides is 3. The topological polar surface area (TPSA) is 38.2 Å². The number of likely N-dealkylation sites (tertiary alicyclic amines) is 1. The van der Waals surface area contributed by atoms with Crippen molar-refractivity contribution in [2.45, 2.75) is 24.9 Å². The fourth-order valence-electron chi connectivity index (χ4n) is 3.29. The van der Waals surface area contributed by atoms with E-state index in [1.54, 1.807) is 19.4 Å². The molecular weight excluding hydrogens is 343 g/mol. The average molecular weight is 365 g/mol. The molecule has 0 aliphatic carbocycles. The molecule has 7 heteroatoms. The van der Waals surface area contributed by atoms with Crippen molar-refractivity contribution in [3.8, 4) is 11.3 Å². The van der Waals surface area contributed by atoms with Crippen LogP contribution in [0.1, 0.15) is 30.0 Å². The lowest BCUT2D eigenvalue weighted by Gasteiger charge is -2.32. The Bertz CT molecular complexity index is 736. The lowest BCUT2D eigenvalue weighted by Crippen LogP contribution is -2.36. The molecule has 1 atom stereocenters. The van der Waals surface area contributed by atoms with E-state index in [2.05, 4.69) is 14.9 Å². The standard InChI is InChI=1S/C19H22F3N3O/c1-26-9-8-25-7-3-5-15(13-25)18-12-23-11-17(24-18)14-4-2-6-16(10-14)19(20,21)22/h2,4,6,10-12,15H,3,5,7-9,13H2,1H3/t15-/m1/s1. The highest BCUT2D eigenvalue weighted by Gasteiger charge is 2.30. The summed E-state index contributed by atoms with van der Waals surface area (Å²) < 4.78 is 44.0. The molecule has 26 heavy (non-hydrogen) atoms. The molecule has 4 nitrogen and oxygen atoms in total. The molecule has 0 amide bonds. The summed E-state index contributed by atoms with van der Waals surface area (Å²) in [7, 11) is 1.69. The highest BCUT2D eigenvalue weighted by molar-refractivity contribution is 5.59. The third-order valence-electron chi connectivity index (χ3n) is 4.67. The summed E-state index contributed by atoms with van der Waals surface area (Å²) >= 11 is 0. The molecule has 1 aromatic carbocycles. The van der Waals surface area contributed by atoms with Gasteiger partial charge in [-0.3, -0.25) is 4.98 Å². The number of benzene rings is 1. The molecule has 2 aromatic rings. The van der Waals surface area contributed by atoms with Gasteiger partial charge >= 0.3 is 6.18 Å². The van der Waals surface area contributed by atoms with Crippen molar-refractivity contribution in [3.63, 3.8) is 0 Å². The predicted octanol–water partition coefficient (Wildman–Crippen LogP) is 3.99. The van der Waals surface area contributed by atoms with Crippen molar-refractivity contribution in [1.82, 2.24) is 14.9 Å². The van der Waals surface area contributed by atoms with Crippen molar-refractivity contribution in [2.24, 2.45) is 0 Å². The molecule has 0 spiro atoms. The van der Waals surface area contributed by atoms with Crippen molar-refractivity contribution >= 4 is 0 Å². The second-order valence-corrected chi connectivity index (χ2v) is 6.54. The summed E-state index contributed by atoms with van der Waals surface area (Å²) in [5.41, 5.74) is 1.07. The molecule has 140 valence electrons. The number of hydrogen-bond donors (Lipinski definition) is 0. The highest BCUT2D eigenvalue weighted by Crippen LogP contribution is 2.32. The van der Waals surface area contributed by atoms with Crippen LogP contribution < -0.4 is 0 Å². The van der Waals surface area contributed by atoms with Crippen molar-refractivity contribution in [3.05, 3.63) is 47.9 Å². The zero-order chi connectivity index (χ0) is 18.6. The van der Waals surface area contributed by atoms with E-state index in [0.717, 1.165) is 50.3 Å². The van der Waals surface area contributed by atoms with Crippen LogP contribution in [0.15, 0.2) is 36.7 Å². The van der Waals surface area contributed by atoms with Crippen molar-refractivity contribution in [1.29, 1.82) is 0 Å². The minimum absolute atomic E-state index is 0.235. The maximum absolute atomic E-state index is 12.9. The van der Waals surface area contributed by atoms with Gasteiger partial charge in [0.15, 0.2) is 0 Å². The number of ether oxygens (including phenoxy) is 1. The van der Waals surface area contributed by atoms with Gasteiger partial charge in [0.05, 0.1) is 29.8 Å². The van der Waals surface area contributed by atoms with Crippen molar-refractivity contribution in [2.75, 3.05) is 33.4 Å². The van der Waals surface area contributed by atoms with Crippen LogP contribution in [0, 0.1) is 0 Å². The molecule has 0 N–H and O–H groups in total. The van der Waals surface area contributed by atoms with E-state index in [1.165, 1.54) is 12.3 Å². The van der Waals surface area contributed by atoms with Crippen LogP contribution in [0.25, 0.3) is 11.3 Å². The molecule has 0 unspecified atom stereocenters. The molecule has 1 aliphatic rings. The van der Waals surface area contributed by atoms with Gasteiger partial charge in [0, 0.05) is 37.9 Å². The maximum Gasteiger partial charge on any atom is 0.416 e. The Balaban J connectivity index is 1.80. The van der Waals surface area contributed by atoms with E-state index in [4.69, 9.17) is 4.74 Å². The summed E-state index contributed by atoms with van der Waals surface area (Å²) in [5.74, 6) is 0.235. The Kier molecular flexibility index (Phi) is 5.88. The van der Waals surface area contributed by atoms with Gasteiger partial charge in [0.25, 0.3) is 0 Å². The first-order valence-corrected chi connectivity index (χ1v) is 8.68. The van der Waals surface area contributed by atoms with E-state index < -0.39 is 11.7 Å². The number of halogens is 3. The maximum atomic E-state index is 12.9. The first-order valence-electron chi connectivity index (χ1n) is 8.68. The summed E-state index contributed by atoms with van der Waals surface area (Å²) in [5, 5.41) is 0. The van der Waals surface area contributed by atoms with Crippen LogP contribution in [-0.4, -0.2) is 48.2 Å². The van der Waals surface area contributed by atoms with Crippen LogP contribution in [0.3, 0.4) is 0 Å². The lowest BCUT2D eigenvalue weighted by molar-refractivity contribution is -0.137. The van der Waals surface area contributed by atoms with E-state index in [-0.39, 0.29) is 5.92 Å². The first kappa shape index (κ1) is 18.8. The minimum Gasteiger partial charge on any atom is -0.383 e. The molecule has 0 saturated carbocycles. The normalized spacial score (nSPS) is 18.8. The van der Waals surface area contributed by atoms with E-state index in [1.807, 2.05) is 0 Å². The van der Waals surface area contributed by atoms with Gasteiger partial charge in [0.2, 0.25) is 0 Å². The highest BCUT2D eigenvalue weighted by atomic mass is 19.4. The van der Waals surface area contributed by atoms with Gasteiger partial charge in [-0.05, 0) is 31.5 Å². The number of methoxy groups -OCH3 is 1. The molecule has 1 aliphatic heterocycles. The summed E-state index contributed by atoms with van der Waals surface area (Å²) in [4.78, 5) is 11.2. The smallest absolute Gasteiger partial charge is 0.383 e. The van der Waals surface area contributed by atoms with Crippen LogP contribution in [0.5, 0.6) is 0 Å². The minimum atomic E-state index is -4.37. The van der Waals surface area contributed by atoms with E-state index in [0.29, 0.717) is 17.9 Å². The number of nitrogens with zero attached hydrogens (tertiary/aromatic N) is 3. The number of hydrogen-bond acceptors (Lipinski definition) is 4. The van der Waals surface area contributed by atoms with E-state index >= 15 is 0 Å². The molecule has 0 radical (unpaired) electrons. The summed E-state index contributed by atoms with van der Waals surface area (Å²) in [6, 6.07) is 5.23. The van der Waals surface area contributed by atoms with Crippen LogP contribution >= 0.6 is 0 Å². The van der Waals surface area contributed by atoms with Gasteiger partial charge in [-0.25, -0.2) is 4.98 Å². The molecule has 1 fully saturated rings. The Morgan fingerprint density at radius 2 is 2.12 bits per heavy atom. The Morgan fingerprint density at radius 3 is 2.88 bits per heavy atom. The summed E-state index contributed by atoms with van der Waals surface area (Å²) in [6.07, 6.45) is 0.937. The second-order valence-electron chi connectivity index (χ2n) is 6.54. The average Bonchev–Trinajstić information content (AvgIpc) is 2.66. The third kappa shape index (κ3) is 4.59. The largest absolute Gasteiger partial charge is 0.416 e. The second kappa shape index (κ2) is 8.14. The van der Waals surface area contributed by atoms with Gasteiger partial charge in [-0.15, -0.1) is 0 Å². The Hall–Kier alpha value is -1.99. The number of rotatable bonds is 5. The van der Waals surface area contributed by atoms with Gasteiger partial charge < -0.3 is 9.64 Å². The number of aromatic nitrogens is 2. The molecule has 2 heterocycles. The fourth-order valence-corrected chi connectivity index (χ4v) is 3.29. The van der Waals surface area contributed by atoms with Crippen LogP contribution in [0.4, 0.5) is 13.2 Å². The SMILES string of the molecule is COCCN1CCC[C@@H](c2cncc(-c3cccc(C(F)(F)F)c3)n2)C1. The monoisotopic (exact) mass is 365 g/mol. The molecular formula is C19H22F3N3O. The molecule has 0 bridgehead atoms. The lowest BCUT2D eigenvalue weighted by atomic mass is 9.95.